The van der Waals surface area contributed by atoms with Gasteiger partial charge in [0.1, 0.15) is 12.1 Å². The van der Waals surface area contributed by atoms with Gasteiger partial charge in [0.25, 0.3) is 0 Å². The second-order valence-corrected chi connectivity index (χ2v) is 5.40. The van der Waals surface area contributed by atoms with E-state index in [9.17, 15) is 14.4 Å². The molecule has 0 saturated heterocycles. The zero-order valence-electron chi connectivity index (χ0n) is 15.5. The van der Waals surface area contributed by atoms with Gasteiger partial charge in [0.15, 0.2) is 0 Å². The summed E-state index contributed by atoms with van der Waals surface area (Å²) in [4.78, 5) is 36.7. The highest BCUT2D eigenvalue weighted by Gasteiger charge is 2.20. The van der Waals surface area contributed by atoms with Crippen LogP contribution in [0.3, 0.4) is 0 Å². The van der Waals surface area contributed by atoms with E-state index in [1.165, 1.54) is 13.8 Å². The molecule has 2 atom stereocenters. The van der Waals surface area contributed by atoms with Crippen molar-refractivity contribution < 1.29 is 33.7 Å². The highest BCUT2D eigenvalue weighted by Crippen LogP contribution is 1.91. The molecule has 12 nitrogen and oxygen atoms in total. The maximum absolute atomic E-state index is 11.7. The van der Waals surface area contributed by atoms with Crippen LogP contribution in [0.1, 0.15) is 20.3 Å². The van der Waals surface area contributed by atoms with Crippen molar-refractivity contribution in [2.24, 2.45) is 5.11 Å². The van der Waals surface area contributed by atoms with Crippen molar-refractivity contribution >= 4 is 17.8 Å². The lowest BCUT2D eigenvalue weighted by molar-refractivity contribution is -0.141. The van der Waals surface area contributed by atoms with Crippen LogP contribution < -0.4 is 10.6 Å². The molecule has 0 fully saturated rings. The molecule has 0 aromatic carbocycles. The fraction of sp³-hybridized carbons (Fsp3) is 0.800. The fourth-order valence-corrected chi connectivity index (χ4v) is 1.64. The summed E-state index contributed by atoms with van der Waals surface area (Å²) >= 11 is 0. The number of carboxylic acids is 1. The first-order valence-electron chi connectivity index (χ1n) is 8.45. The van der Waals surface area contributed by atoms with Crippen LogP contribution in [0.15, 0.2) is 5.11 Å². The van der Waals surface area contributed by atoms with Crippen molar-refractivity contribution in [1.82, 2.24) is 10.6 Å². The minimum Gasteiger partial charge on any atom is -0.480 e. The van der Waals surface area contributed by atoms with Crippen LogP contribution >= 0.6 is 0 Å². The summed E-state index contributed by atoms with van der Waals surface area (Å²) in [5.74, 6) is -2.11. The molecule has 2 amide bonds. The van der Waals surface area contributed by atoms with Crippen molar-refractivity contribution in [1.29, 1.82) is 0 Å². The zero-order chi connectivity index (χ0) is 20.5. The molecular formula is C15H27N5O7. The molecule has 154 valence electrons. The third kappa shape index (κ3) is 14.5. The van der Waals surface area contributed by atoms with Gasteiger partial charge in [0.05, 0.1) is 39.6 Å². The summed E-state index contributed by atoms with van der Waals surface area (Å²) in [6, 6.07) is -1.88. The largest absolute Gasteiger partial charge is 0.480 e. The number of carbonyl (C=O) groups is 3. The summed E-state index contributed by atoms with van der Waals surface area (Å²) < 4.78 is 15.6. The standard InChI is InChI=1S/C15H27N5O7/c1-11(14(22)19-12(2)15(23)24)18-13(21)3-5-25-7-9-27-10-8-26-6-4-17-20-16/h11-12H,3-10H2,1-2H3,(H,18,21)(H,19,22)(H,23,24). The Balaban J connectivity index is 3.59. The Labute approximate surface area is 157 Å². The molecule has 12 heteroatoms. The van der Waals surface area contributed by atoms with E-state index < -0.39 is 24.0 Å². The molecule has 0 heterocycles. The molecule has 0 aliphatic heterocycles. The van der Waals surface area contributed by atoms with E-state index in [-0.39, 0.29) is 25.5 Å². The Morgan fingerprint density at radius 3 is 2.07 bits per heavy atom. The summed E-state index contributed by atoms with van der Waals surface area (Å²) in [5, 5.41) is 16.8. The number of carboxylic acid groups (broad SMARTS) is 1. The quantitative estimate of drug-likeness (QED) is 0.142. The maximum atomic E-state index is 11.7. The molecule has 0 rings (SSSR count). The van der Waals surface area contributed by atoms with Crippen molar-refractivity contribution in [3.05, 3.63) is 10.4 Å². The molecule has 2 unspecified atom stereocenters. The van der Waals surface area contributed by atoms with E-state index in [0.717, 1.165) is 0 Å². The van der Waals surface area contributed by atoms with E-state index in [2.05, 4.69) is 20.7 Å². The van der Waals surface area contributed by atoms with Crippen molar-refractivity contribution in [2.45, 2.75) is 32.4 Å². The van der Waals surface area contributed by atoms with Crippen molar-refractivity contribution in [3.63, 3.8) is 0 Å². The second kappa shape index (κ2) is 15.8. The molecule has 27 heavy (non-hydrogen) atoms. The number of azide groups is 1. The Kier molecular flexibility index (Phi) is 14.4. The Morgan fingerprint density at radius 2 is 1.52 bits per heavy atom. The molecule has 0 saturated carbocycles. The van der Waals surface area contributed by atoms with Crippen LogP contribution in [0.25, 0.3) is 10.4 Å². The van der Waals surface area contributed by atoms with E-state index in [1.807, 2.05) is 0 Å². The first kappa shape index (κ1) is 24.6. The number of rotatable bonds is 16. The van der Waals surface area contributed by atoms with E-state index >= 15 is 0 Å². The fourth-order valence-electron chi connectivity index (χ4n) is 1.64. The molecule has 0 aromatic rings. The predicted molar refractivity (Wildman–Crippen MR) is 93.9 cm³/mol. The number of ether oxygens (including phenoxy) is 3. The van der Waals surface area contributed by atoms with Crippen molar-refractivity contribution in [3.8, 4) is 0 Å². The smallest absolute Gasteiger partial charge is 0.325 e. The van der Waals surface area contributed by atoms with Crippen LogP contribution in [0.5, 0.6) is 0 Å². The highest BCUT2D eigenvalue weighted by atomic mass is 16.5. The van der Waals surface area contributed by atoms with Gasteiger partial charge in [0.2, 0.25) is 11.8 Å². The second-order valence-electron chi connectivity index (χ2n) is 5.40. The monoisotopic (exact) mass is 389 g/mol. The molecule has 0 spiro atoms. The molecule has 0 aromatic heterocycles. The average Bonchev–Trinajstić information content (AvgIpc) is 2.62. The van der Waals surface area contributed by atoms with Gasteiger partial charge in [0, 0.05) is 17.9 Å². The van der Waals surface area contributed by atoms with Gasteiger partial charge in [-0.25, -0.2) is 0 Å². The number of hydrogen-bond donors (Lipinski definition) is 3. The molecular weight excluding hydrogens is 362 g/mol. The minimum atomic E-state index is -1.16. The summed E-state index contributed by atoms with van der Waals surface area (Å²) in [6.07, 6.45) is 0.0641. The number of amides is 2. The molecule has 0 radical (unpaired) electrons. The molecule has 0 aliphatic carbocycles. The third-order valence-electron chi connectivity index (χ3n) is 3.12. The van der Waals surface area contributed by atoms with Crippen LogP contribution in [-0.4, -0.2) is 81.2 Å². The van der Waals surface area contributed by atoms with Crippen LogP contribution in [0, 0.1) is 0 Å². The number of nitrogens with zero attached hydrogens (tertiary/aromatic N) is 3. The first-order chi connectivity index (χ1) is 12.9. The van der Waals surface area contributed by atoms with Gasteiger partial charge in [-0.3, -0.25) is 14.4 Å². The lowest BCUT2D eigenvalue weighted by Crippen LogP contribution is -2.49. The molecule has 0 aliphatic rings. The predicted octanol–water partition coefficient (Wildman–Crippen LogP) is -0.169. The van der Waals surface area contributed by atoms with Crippen LogP contribution in [0.2, 0.25) is 0 Å². The van der Waals surface area contributed by atoms with Gasteiger partial charge in [-0.05, 0) is 19.4 Å². The van der Waals surface area contributed by atoms with Gasteiger partial charge in [-0.1, -0.05) is 5.11 Å². The third-order valence-corrected chi connectivity index (χ3v) is 3.12. The number of hydrogen-bond acceptors (Lipinski definition) is 7. The average molecular weight is 389 g/mol. The van der Waals surface area contributed by atoms with Crippen LogP contribution in [0.4, 0.5) is 0 Å². The SMILES string of the molecule is CC(NC(=O)C(C)NC(=O)CCOCCOCCOCCN=[N+]=[N-])C(=O)O. The van der Waals surface area contributed by atoms with Gasteiger partial charge in [-0.2, -0.15) is 0 Å². The Morgan fingerprint density at radius 1 is 0.963 bits per heavy atom. The Hall–Kier alpha value is -2.40. The zero-order valence-corrected chi connectivity index (χ0v) is 15.5. The summed E-state index contributed by atoms with van der Waals surface area (Å²) in [5.41, 5.74) is 8.06. The van der Waals surface area contributed by atoms with Crippen molar-refractivity contribution in [2.75, 3.05) is 46.2 Å². The summed E-state index contributed by atoms with van der Waals surface area (Å²) in [7, 11) is 0. The van der Waals surface area contributed by atoms with Gasteiger partial charge < -0.3 is 30.0 Å². The molecule has 3 N–H and O–H groups in total. The van der Waals surface area contributed by atoms with E-state index in [0.29, 0.717) is 33.0 Å². The van der Waals surface area contributed by atoms with E-state index in [4.69, 9.17) is 24.8 Å². The van der Waals surface area contributed by atoms with Gasteiger partial charge in [-0.15, -0.1) is 0 Å². The molecule has 0 bridgehead atoms. The summed E-state index contributed by atoms with van der Waals surface area (Å²) in [6.45, 7) is 4.98. The highest BCUT2D eigenvalue weighted by molar-refractivity contribution is 5.89. The number of nitrogens with one attached hydrogen (secondary N) is 2. The number of carbonyl (C=O) groups excluding carboxylic acids is 2. The Bertz CT molecular complexity index is 511. The van der Waals surface area contributed by atoms with Gasteiger partial charge >= 0.3 is 5.97 Å². The maximum Gasteiger partial charge on any atom is 0.325 e. The van der Waals surface area contributed by atoms with Crippen LogP contribution in [-0.2, 0) is 28.6 Å². The first-order valence-corrected chi connectivity index (χ1v) is 8.45. The lowest BCUT2D eigenvalue weighted by atomic mass is 10.2. The topological polar surface area (TPSA) is 172 Å². The normalized spacial score (nSPS) is 12.5. The number of aliphatic carboxylic acids is 1. The minimum absolute atomic E-state index is 0.0641. The van der Waals surface area contributed by atoms with E-state index in [1.54, 1.807) is 0 Å². The lowest BCUT2D eigenvalue weighted by Gasteiger charge is -2.16.